The fraction of sp³-hybridized carbons (Fsp3) is 0.333. The summed E-state index contributed by atoms with van der Waals surface area (Å²) in [4.78, 5) is 0. The van der Waals surface area contributed by atoms with E-state index in [9.17, 15) is 0 Å². The Morgan fingerprint density at radius 1 is 1.00 bits per heavy atom. The molecule has 0 aliphatic rings. The second-order valence-corrected chi connectivity index (χ2v) is 5.09. The number of nitrogens with two attached hydrogens (primary N) is 1. The molecule has 0 aromatic heterocycles. The van der Waals surface area contributed by atoms with Crippen molar-refractivity contribution >= 4 is 0 Å². The van der Waals surface area contributed by atoms with Crippen LogP contribution in [0.4, 0.5) is 0 Å². The van der Waals surface area contributed by atoms with Gasteiger partial charge in [0.25, 0.3) is 0 Å². The number of benzene rings is 2. The molecule has 0 heterocycles. The van der Waals surface area contributed by atoms with E-state index in [1.54, 1.807) is 7.11 Å². The summed E-state index contributed by atoms with van der Waals surface area (Å²) in [7, 11) is 1.72. The molecular weight excluding hydrogens is 246 g/mol. The molecule has 0 aliphatic carbocycles. The number of methoxy groups -OCH3 is 1. The molecule has 0 aliphatic heterocycles. The summed E-state index contributed by atoms with van der Waals surface area (Å²) < 4.78 is 5.63. The van der Waals surface area contributed by atoms with Crippen molar-refractivity contribution in [3.63, 3.8) is 0 Å². The zero-order chi connectivity index (χ0) is 14.4. The third-order valence-electron chi connectivity index (χ3n) is 3.58. The molecule has 0 bridgehead atoms. The van der Waals surface area contributed by atoms with Crippen LogP contribution in [-0.2, 0) is 11.2 Å². The molecule has 2 atom stereocenters. The first-order chi connectivity index (χ1) is 9.76. The molecule has 0 saturated carbocycles. The van der Waals surface area contributed by atoms with Crippen LogP contribution in [0.5, 0.6) is 0 Å². The minimum Gasteiger partial charge on any atom is -0.375 e. The molecule has 0 radical (unpaired) electrons. The van der Waals surface area contributed by atoms with Crippen molar-refractivity contribution in [2.24, 2.45) is 5.73 Å². The zero-order valence-electron chi connectivity index (χ0n) is 12.3. The Kier molecular flexibility index (Phi) is 5.33. The SMILES string of the molecule is CCCc1cccc(C(N)C(OC)c2ccccc2)c1. The Morgan fingerprint density at radius 2 is 1.70 bits per heavy atom. The number of rotatable bonds is 6. The minimum atomic E-state index is -0.154. The quantitative estimate of drug-likeness (QED) is 0.859. The Labute approximate surface area is 121 Å². The Bertz CT molecular complexity index is 524. The highest BCUT2D eigenvalue weighted by molar-refractivity contribution is 5.29. The Balaban J connectivity index is 2.24. The summed E-state index contributed by atoms with van der Waals surface area (Å²) in [6.07, 6.45) is 2.11. The molecule has 2 nitrogen and oxygen atoms in total. The highest BCUT2D eigenvalue weighted by Gasteiger charge is 2.20. The smallest absolute Gasteiger partial charge is 0.101 e. The van der Waals surface area contributed by atoms with Gasteiger partial charge >= 0.3 is 0 Å². The lowest BCUT2D eigenvalue weighted by atomic mass is 9.94. The van der Waals surface area contributed by atoms with Gasteiger partial charge in [0.05, 0.1) is 6.04 Å². The van der Waals surface area contributed by atoms with E-state index >= 15 is 0 Å². The van der Waals surface area contributed by atoms with Gasteiger partial charge in [-0.1, -0.05) is 67.9 Å². The summed E-state index contributed by atoms with van der Waals surface area (Å²) in [5.74, 6) is 0. The van der Waals surface area contributed by atoms with E-state index in [0.717, 1.165) is 24.0 Å². The first-order valence-corrected chi connectivity index (χ1v) is 7.18. The lowest BCUT2D eigenvalue weighted by Gasteiger charge is -2.23. The molecule has 20 heavy (non-hydrogen) atoms. The maximum atomic E-state index is 6.42. The summed E-state index contributed by atoms with van der Waals surface area (Å²) in [5.41, 5.74) is 10.0. The zero-order valence-corrected chi connectivity index (χ0v) is 12.3. The van der Waals surface area contributed by atoms with E-state index in [0.29, 0.717) is 0 Å². The number of ether oxygens (including phenoxy) is 1. The molecule has 0 amide bonds. The Morgan fingerprint density at radius 3 is 2.35 bits per heavy atom. The van der Waals surface area contributed by atoms with Crippen LogP contribution >= 0.6 is 0 Å². The molecule has 2 rings (SSSR count). The van der Waals surface area contributed by atoms with E-state index < -0.39 is 0 Å². The standard InChI is InChI=1S/C18H23NO/c1-3-8-14-9-7-12-16(13-14)17(19)18(20-2)15-10-5-4-6-11-15/h4-7,9-13,17-18H,3,8,19H2,1-2H3. The first-order valence-electron chi connectivity index (χ1n) is 7.18. The van der Waals surface area contributed by atoms with Crippen molar-refractivity contribution in [2.75, 3.05) is 7.11 Å². The second kappa shape index (κ2) is 7.22. The highest BCUT2D eigenvalue weighted by Crippen LogP contribution is 2.30. The third-order valence-corrected chi connectivity index (χ3v) is 3.58. The van der Waals surface area contributed by atoms with E-state index in [2.05, 4.69) is 43.3 Å². The van der Waals surface area contributed by atoms with Gasteiger partial charge in [-0.2, -0.15) is 0 Å². The minimum absolute atomic E-state index is 0.118. The highest BCUT2D eigenvalue weighted by atomic mass is 16.5. The predicted octanol–water partition coefficient (Wildman–Crippen LogP) is 4.03. The van der Waals surface area contributed by atoms with Gasteiger partial charge in [0, 0.05) is 7.11 Å². The lowest BCUT2D eigenvalue weighted by molar-refractivity contribution is 0.0801. The fourth-order valence-corrected chi connectivity index (χ4v) is 2.55. The molecular formula is C18H23NO. The maximum absolute atomic E-state index is 6.42. The van der Waals surface area contributed by atoms with Crippen LogP contribution in [0.3, 0.4) is 0 Å². The maximum Gasteiger partial charge on any atom is 0.101 e. The lowest BCUT2D eigenvalue weighted by Crippen LogP contribution is -2.21. The molecule has 2 unspecified atom stereocenters. The molecule has 2 aromatic rings. The van der Waals surface area contributed by atoms with Crippen molar-refractivity contribution in [3.8, 4) is 0 Å². The van der Waals surface area contributed by atoms with Crippen molar-refractivity contribution in [2.45, 2.75) is 31.9 Å². The molecule has 2 N–H and O–H groups in total. The van der Waals surface area contributed by atoms with Gasteiger partial charge in [0.1, 0.15) is 6.10 Å². The average Bonchev–Trinajstić information content (AvgIpc) is 2.50. The number of hydrogen-bond acceptors (Lipinski definition) is 2. The van der Waals surface area contributed by atoms with Crippen molar-refractivity contribution < 1.29 is 4.74 Å². The fourth-order valence-electron chi connectivity index (χ4n) is 2.55. The van der Waals surface area contributed by atoms with Crippen molar-refractivity contribution in [3.05, 3.63) is 71.3 Å². The van der Waals surface area contributed by atoms with E-state index in [1.165, 1.54) is 5.56 Å². The number of aryl methyl sites for hydroxylation is 1. The van der Waals surface area contributed by atoms with Gasteiger partial charge in [0.15, 0.2) is 0 Å². The summed E-state index contributed by atoms with van der Waals surface area (Å²) in [6, 6.07) is 18.5. The van der Waals surface area contributed by atoms with Gasteiger partial charge in [0.2, 0.25) is 0 Å². The van der Waals surface area contributed by atoms with E-state index in [4.69, 9.17) is 10.5 Å². The molecule has 0 fully saturated rings. The molecule has 2 aromatic carbocycles. The van der Waals surface area contributed by atoms with Crippen LogP contribution < -0.4 is 5.73 Å². The van der Waals surface area contributed by atoms with Crippen LogP contribution in [0.25, 0.3) is 0 Å². The van der Waals surface area contributed by atoms with Crippen LogP contribution in [0, 0.1) is 0 Å². The van der Waals surface area contributed by atoms with Crippen molar-refractivity contribution in [1.29, 1.82) is 0 Å². The van der Waals surface area contributed by atoms with Gasteiger partial charge < -0.3 is 10.5 Å². The normalized spacial score (nSPS) is 13.9. The van der Waals surface area contributed by atoms with Crippen LogP contribution in [0.15, 0.2) is 54.6 Å². The molecule has 2 heteroatoms. The van der Waals surface area contributed by atoms with Gasteiger partial charge in [-0.25, -0.2) is 0 Å². The van der Waals surface area contributed by atoms with Crippen LogP contribution in [0.2, 0.25) is 0 Å². The van der Waals surface area contributed by atoms with Gasteiger partial charge in [-0.3, -0.25) is 0 Å². The average molecular weight is 269 g/mol. The molecule has 0 spiro atoms. The first kappa shape index (κ1) is 14.8. The molecule has 0 saturated heterocycles. The summed E-state index contributed by atoms with van der Waals surface area (Å²) >= 11 is 0. The summed E-state index contributed by atoms with van der Waals surface area (Å²) in [5, 5.41) is 0. The van der Waals surface area contributed by atoms with Crippen molar-refractivity contribution in [1.82, 2.24) is 0 Å². The second-order valence-electron chi connectivity index (χ2n) is 5.09. The number of hydrogen-bond donors (Lipinski definition) is 1. The monoisotopic (exact) mass is 269 g/mol. The van der Waals surface area contributed by atoms with Gasteiger partial charge in [-0.15, -0.1) is 0 Å². The van der Waals surface area contributed by atoms with Gasteiger partial charge in [-0.05, 0) is 23.1 Å². The Hall–Kier alpha value is -1.64. The van der Waals surface area contributed by atoms with Crippen LogP contribution in [-0.4, -0.2) is 7.11 Å². The van der Waals surface area contributed by atoms with E-state index in [-0.39, 0.29) is 12.1 Å². The third kappa shape index (κ3) is 3.47. The summed E-state index contributed by atoms with van der Waals surface area (Å²) in [6.45, 7) is 2.19. The van der Waals surface area contributed by atoms with Crippen LogP contribution in [0.1, 0.15) is 42.2 Å². The molecule has 106 valence electrons. The predicted molar refractivity (Wildman–Crippen MR) is 83.6 cm³/mol. The largest absolute Gasteiger partial charge is 0.375 e. The topological polar surface area (TPSA) is 35.2 Å². The van der Waals surface area contributed by atoms with E-state index in [1.807, 2.05) is 18.2 Å².